The molecule has 1 saturated heterocycles. The van der Waals surface area contributed by atoms with Crippen LogP contribution in [0.15, 0.2) is 53.5 Å². The van der Waals surface area contributed by atoms with Gasteiger partial charge in [0.25, 0.3) is 5.91 Å². The van der Waals surface area contributed by atoms with Gasteiger partial charge in [0.1, 0.15) is 11.5 Å². The van der Waals surface area contributed by atoms with Gasteiger partial charge in [0.15, 0.2) is 0 Å². The van der Waals surface area contributed by atoms with Crippen LogP contribution in [0.4, 0.5) is 5.69 Å². The Morgan fingerprint density at radius 1 is 1.21 bits per heavy atom. The molecule has 0 unspecified atom stereocenters. The van der Waals surface area contributed by atoms with E-state index in [1.54, 1.807) is 31.4 Å². The van der Waals surface area contributed by atoms with Crippen molar-refractivity contribution in [2.75, 3.05) is 32.2 Å². The number of hydrogen-bond acceptors (Lipinski definition) is 5. The Kier molecular flexibility index (Phi) is 7.47. The zero-order chi connectivity index (χ0) is 20.5. The van der Waals surface area contributed by atoms with Gasteiger partial charge in [-0.1, -0.05) is 6.07 Å². The molecule has 2 aromatic rings. The maximum atomic E-state index is 12.7. The highest BCUT2D eigenvalue weighted by molar-refractivity contribution is 6.10. The standard InChI is InChI=1S/C22H27N3O4/c1-3-28-18-11-9-16(10-12-18)21(26)25-22(23-15-20-8-5-13-29-20)24-17-6-4-7-19(14-17)27-2/h4,6-7,9-12,14,20H,3,5,8,13,15H2,1-2H3,(H2,23,24,25,26)/t20-/m1/s1. The minimum Gasteiger partial charge on any atom is -0.497 e. The van der Waals surface area contributed by atoms with Crippen LogP contribution in [0.25, 0.3) is 0 Å². The van der Waals surface area contributed by atoms with Crippen molar-refractivity contribution < 1.29 is 19.0 Å². The highest BCUT2D eigenvalue weighted by Crippen LogP contribution is 2.17. The molecular weight excluding hydrogens is 370 g/mol. The van der Waals surface area contributed by atoms with Crippen LogP contribution in [0.1, 0.15) is 30.1 Å². The van der Waals surface area contributed by atoms with Crippen LogP contribution < -0.4 is 20.1 Å². The molecule has 1 fully saturated rings. The number of aliphatic imine (C=N–C) groups is 1. The molecule has 3 rings (SSSR count). The Balaban J connectivity index is 1.72. The van der Waals surface area contributed by atoms with Crippen LogP contribution in [0.2, 0.25) is 0 Å². The van der Waals surface area contributed by atoms with Crippen LogP contribution in [-0.2, 0) is 4.74 Å². The van der Waals surface area contributed by atoms with E-state index in [0.717, 1.165) is 30.9 Å². The van der Waals surface area contributed by atoms with Crippen LogP contribution in [0.5, 0.6) is 11.5 Å². The number of methoxy groups -OCH3 is 1. The highest BCUT2D eigenvalue weighted by Gasteiger charge is 2.16. The van der Waals surface area contributed by atoms with Gasteiger partial charge in [-0.2, -0.15) is 0 Å². The number of rotatable bonds is 7. The van der Waals surface area contributed by atoms with Gasteiger partial charge in [-0.25, -0.2) is 4.99 Å². The number of carbonyl (C=O) groups excluding carboxylic acids is 1. The van der Waals surface area contributed by atoms with Gasteiger partial charge in [0, 0.05) is 23.9 Å². The fraction of sp³-hybridized carbons (Fsp3) is 0.364. The topological polar surface area (TPSA) is 81.2 Å². The predicted octanol–water partition coefficient (Wildman–Crippen LogP) is 3.47. The van der Waals surface area contributed by atoms with Gasteiger partial charge in [-0.05, 0) is 56.2 Å². The second kappa shape index (κ2) is 10.5. The number of benzene rings is 2. The lowest BCUT2D eigenvalue weighted by molar-refractivity contribution is 0.0975. The number of amides is 1. The van der Waals surface area contributed by atoms with Gasteiger partial charge < -0.3 is 19.5 Å². The first-order valence-corrected chi connectivity index (χ1v) is 9.79. The molecule has 1 heterocycles. The third-order valence-corrected chi connectivity index (χ3v) is 4.47. The summed E-state index contributed by atoms with van der Waals surface area (Å²) in [7, 11) is 1.61. The maximum absolute atomic E-state index is 12.7. The Morgan fingerprint density at radius 2 is 2.03 bits per heavy atom. The average molecular weight is 397 g/mol. The molecule has 2 N–H and O–H groups in total. The summed E-state index contributed by atoms with van der Waals surface area (Å²) in [5.41, 5.74) is 1.29. The SMILES string of the molecule is CCOc1ccc(C(=O)NC(=NC[C@H]2CCCO2)Nc2cccc(OC)c2)cc1. The molecule has 0 bridgehead atoms. The molecule has 7 nitrogen and oxygen atoms in total. The lowest BCUT2D eigenvalue weighted by Crippen LogP contribution is -2.36. The van der Waals surface area contributed by atoms with E-state index < -0.39 is 0 Å². The lowest BCUT2D eigenvalue weighted by atomic mass is 10.2. The number of nitrogens with zero attached hydrogens (tertiary/aromatic N) is 1. The molecule has 1 aliphatic rings. The summed E-state index contributed by atoms with van der Waals surface area (Å²) in [6, 6.07) is 14.4. The second-order valence-electron chi connectivity index (χ2n) is 6.59. The summed E-state index contributed by atoms with van der Waals surface area (Å²) in [6.45, 7) is 3.74. The van der Waals surface area contributed by atoms with E-state index in [2.05, 4.69) is 15.6 Å². The number of anilines is 1. The fourth-order valence-electron chi connectivity index (χ4n) is 2.98. The molecular formula is C22H27N3O4. The lowest BCUT2D eigenvalue weighted by Gasteiger charge is -2.14. The quantitative estimate of drug-likeness (QED) is 0.552. The van der Waals surface area contributed by atoms with Crippen LogP contribution in [0, 0.1) is 0 Å². The van der Waals surface area contributed by atoms with Gasteiger partial charge >= 0.3 is 0 Å². The molecule has 0 saturated carbocycles. The first-order valence-electron chi connectivity index (χ1n) is 9.79. The van der Waals surface area contributed by atoms with Crippen molar-refractivity contribution in [1.29, 1.82) is 0 Å². The Bertz CT molecular complexity index is 830. The summed E-state index contributed by atoms with van der Waals surface area (Å²) >= 11 is 0. The molecule has 154 valence electrons. The van der Waals surface area contributed by atoms with Crippen LogP contribution in [0.3, 0.4) is 0 Å². The van der Waals surface area contributed by atoms with E-state index in [1.807, 2.05) is 31.2 Å². The Labute approximate surface area is 171 Å². The number of hydrogen-bond donors (Lipinski definition) is 2. The zero-order valence-corrected chi connectivity index (χ0v) is 16.8. The third kappa shape index (κ3) is 6.22. The number of guanidine groups is 1. The minimum atomic E-state index is -0.255. The molecule has 2 aromatic carbocycles. The van der Waals surface area contributed by atoms with Crippen molar-refractivity contribution in [3.05, 3.63) is 54.1 Å². The first kappa shape index (κ1) is 20.7. The maximum Gasteiger partial charge on any atom is 0.257 e. The largest absolute Gasteiger partial charge is 0.497 e. The molecule has 0 spiro atoms. The predicted molar refractivity (Wildman–Crippen MR) is 113 cm³/mol. The van der Waals surface area contributed by atoms with E-state index >= 15 is 0 Å². The second-order valence-corrected chi connectivity index (χ2v) is 6.59. The van der Waals surface area contributed by atoms with Crippen LogP contribution in [-0.4, -0.2) is 44.8 Å². The summed E-state index contributed by atoms with van der Waals surface area (Å²) in [4.78, 5) is 17.3. The Hall–Kier alpha value is -3.06. The number of ether oxygens (including phenoxy) is 3. The van der Waals surface area contributed by atoms with Crippen molar-refractivity contribution in [3.8, 4) is 11.5 Å². The zero-order valence-electron chi connectivity index (χ0n) is 16.8. The average Bonchev–Trinajstić information content (AvgIpc) is 3.26. The minimum absolute atomic E-state index is 0.0829. The van der Waals surface area contributed by atoms with E-state index in [0.29, 0.717) is 30.4 Å². The summed E-state index contributed by atoms with van der Waals surface area (Å²) in [5.74, 6) is 1.55. The normalized spacial score (nSPS) is 16.3. The molecule has 1 atom stereocenters. The summed E-state index contributed by atoms with van der Waals surface area (Å²) in [5, 5.41) is 6.03. The van der Waals surface area contributed by atoms with Crippen molar-refractivity contribution in [3.63, 3.8) is 0 Å². The van der Waals surface area contributed by atoms with Crippen molar-refractivity contribution in [2.24, 2.45) is 4.99 Å². The molecule has 1 aliphatic heterocycles. The summed E-state index contributed by atoms with van der Waals surface area (Å²) in [6.07, 6.45) is 2.10. The van der Waals surface area contributed by atoms with E-state index in [-0.39, 0.29) is 12.0 Å². The first-order chi connectivity index (χ1) is 14.2. The molecule has 0 aliphatic carbocycles. The van der Waals surface area contributed by atoms with E-state index in [9.17, 15) is 4.79 Å². The molecule has 0 radical (unpaired) electrons. The highest BCUT2D eigenvalue weighted by atomic mass is 16.5. The molecule has 7 heteroatoms. The van der Waals surface area contributed by atoms with E-state index in [4.69, 9.17) is 14.2 Å². The number of carbonyl (C=O) groups is 1. The molecule has 29 heavy (non-hydrogen) atoms. The van der Waals surface area contributed by atoms with Crippen molar-refractivity contribution in [2.45, 2.75) is 25.9 Å². The van der Waals surface area contributed by atoms with Gasteiger partial charge in [-0.15, -0.1) is 0 Å². The fourth-order valence-corrected chi connectivity index (χ4v) is 2.98. The van der Waals surface area contributed by atoms with Crippen molar-refractivity contribution in [1.82, 2.24) is 5.32 Å². The monoisotopic (exact) mass is 397 g/mol. The van der Waals surface area contributed by atoms with Gasteiger partial charge in [-0.3, -0.25) is 10.1 Å². The molecule has 0 aromatic heterocycles. The molecule has 1 amide bonds. The van der Waals surface area contributed by atoms with Crippen molar-refractivity contribution >= 4 is 17.6 Å². The number of nitrogens with one attached hydrogen (secondary N) is 2. The van der Waals surface area contributed by atoms with E-state index in [1.165, 1.54) is 0 Å². The summed E-state index contributed by atoms with van der Waals surface area (Å²) < 4.78 is 16.3. The van der Waals surface area contributed by atoms with Gasteiger partial charge in [0.05, 0.1) is 26.4 Å². The third-order valence-electron chi connectivity index (χ3n) is 4.47. The smallest absolute Gasteiger partial charge is 0.257 e. The Morgan fingerprint density at radius 3 is 2.72 bits per heavy atom. The van der Waals surface area contributed by atoms with Crippen LogP contribution >= 0.6 is 0 Å². The van der Waals surface area contributed by atoms with Gasteiger partial charge in [0.2, 0.25) is 5.96 Å².